The zero-order valence-corrected chi connectivity index (χ0v) is 17.0. The lowest BCUT2D eigenvalue weighted by Gasteiger charge is -2.13. The van der Waals surface area contributed by atoms with Crippen LogP contribution in [0.1, 0.15) is 24.0 Å². The Kier molecular flexibility index (Phi) is 8.75. The van der Waals surface area contributed by atoms with Crippen molar-refractivity contribution < 1.29 is 14.2 Å². The molecular weight excluding hydrogens is 368 g/mol. The Bertz CT molecular complexity index is 749. The lowest BCUT2D eigenvalue weighted by molar-refractivity contribution is 0.0420. The molecule has 1 fully saturated rings. The molecular formula is C22H30N4O3. The maximum absolute atomic E-state index is 5.79. The number of aromatic nitrogens is 1. The number of nitrogens with zero attached hydrogens (tertiary/aromatic N) is 2. The van der Waals surface area contributed by atoms with Gasteiger partial charge in [-0.25, -0.2) is 4.98 Å². The second-order valence-corrected chi connectivity index (χ2v) is 6.84. The lowest BCUT2D eigenvalue weighted by atomic mass is 10.2. The molecule has 1 saturated heterocycles. The molecule has 3 rings (SSSR count). The third-order valence-corrected chi connectivity index (χ3v) is 4.57. The van der Waals surface area contributed by atoms with Crippen molar-refractivity contribution in [1.29, 1.82) is 0 Å². The Morgan fingerprint density at radius 2 is 2.10 bits per heavy atom. The number of rotatable bonds is 10. The fourth-order valence-electron chi connectivity index (χ4n) is 2.95. The van der Waals surface area contributed by atoms with E-state index in [1.165, 1.54) is 0 Å². The Morgan fingerprint density at radius 1 is 1.21 bits per heavy atom. The van der Waals surface area contributed by atoms with E-state index < -0.39 is 0 Å². The van der Waals surface area contributed by atoms with E-state index in [4.69, 9.17) is 14.2 Å². The van der Waals surface area contributed by atoms with Crippen molar-refractivity contribution in [2.45, 2.75) is 32.1 Å². The summed E-state index contributed by atoms with van der Waals surface area (Å²) < 4.78 is 16.9. The van der Waals surface area contributed by atoms with Crippen molar-refractivity contribution >= 4 is 5.96 Å². The first-order valence-electron chi connectivity index (χ1n) is 10.1. The van der Waals surface area contributed by atoms with Crippen LogP contribution in [0.25, 0.3) is 0 Å². The Morgan fingerprint density at radius 3 is 2.90 bits per heavy atom. The van der Waals surface area contributed by atoms with Crippen LogP contribution in [0.4, 0.5) is 0 Å². The quantitative estimate of drug-likeness (QED) is 0.364. The van der Waals surface area contributed by atoms with Crippen LogP contribution in [0, 0.1) is 0 Å². The van der Waals surface area contributed by atoms with Gasteiger partial charge < -0.3 is 24.8 Å². The molecule has 1 unspecified atom stereocenters. The number of benzene rings is 1. The molecule has 0 aliphatic carbocycles. The van der Waals surface area contributed by atoms with Gasteiger partial charge in [0.1, 0.15) is 6.61 Å². The first-order chi connectivity index (χ1) is 14.3. The number of ether oxygens (including phenoxy) is 3. The van der Waals surface area contributed by atoms with Crippen LogP contribution in [0.15, 0.2) is 53.7 Å². The third kappa shape index (κ3) is 7.71. The fourth-order valence-corrected chi connectivity index (χ4v) is 2.95. The monoisotopic (exact) mass is 398 g/mol. The number of hydrogen-bond donors (Lipinski definition) is 2. The zero-order chi connectivity index (χ0) is 20.2. The van der Waals surface area contributed by atoms with Crippen molar-refractivity contribution in [2.75, 3.05) is 33.4 Å². The second kappa shape index (κ2) is 12.0. The maximum atomic E-state index is 5.79. The van der Waals surface area contributed by atoms with Crippen molar-refractivity contribution in [3.05, 3.63) is 59.8 Å². The van der Waals surface area contributed by atoms with Gasteiger partial charge in [-0.2, -0.15) is 0 Å². The van der Waals surface area contributed by atoms with Crippen LogP contribution in [0.3, 0.4) is 0 Å². The molecule has 1 aromatic heterocycles. The molecule has 0 radical (unpaired) electrons. The van der Waals surface area contributed by atoms with Crippen molar-refractivity contribution in [3.8, 4) is 5.88 Å². The summed E-state index contributed by atoms with van der Waals surface area (Å²) in [5, 5.41) is 6.62. The van der Waals surface area contributed by atoms with Gasteiger partial charge >= 0.3 is 0 Å². The molecule has 0 spiro atoms. The van der Waals surface area contributed by atoms with Crippen LogP contribution in [-0.2, 0) is 22.6 Å². The SMILES string of the molecule is CN=C(NCCCOC1CCOC1)NCc1ccnc(OCc2ccccc2)c1. The number of pyridine rings is 1. The van der Waals surface area contributed by atoms with Gasteiger partial charge in [0.05, 0.1) is 12.7 Å². The van der Waals surface area contributed by atoms with E-state index in [-0.39, 0.29) is 6.10 Å². The van der Waals surface area contributed by atoms with Crippen LogP contribution >= 0.6 is 0 Å². The average Bonchev–Trinajstić information content (AvgIpc) is 3.29. The van der Waals surface area contributed by atoms with Gasteiger partial charge in [0.15, 0.2) is 5.96 Å². The minimum Gasteiger partial charge on any atom is -0.473 e. The largest absolute Gasteiger partial charge is 0.473 e. The molecule has 1 aliphatic rings. The molecule has 0 amide bonds. The summed E-state index contributed by atoms with van der Waals surface area (Å²) in [4.78, 5) is 8.55. The van der Waals surface area contributed by atoms with E-state index in [2.05, 4.69) is 20.6 Å². The summed E-state index contributed by atoms with van der Waals surface area (Å²) in [7, 11) is 1.77. The predicted octanol–water partition coefficient (Wildman–Crippen LogP) is 2.52. The van der Waals surface area contributed by atoms with Gasteiger partial charge in [-0.15, -0.1) is 0 Å². The summed E-state index contributed by atoms with van der Waals surface area (Å²) >= 11 is 0. The zero-order valence-electron chi connectivity index (χ0n) is 17.0. The van der Waals surface area contributed by atoms with Gasteiger partial charge in [0, 0.05) is 45.6 Å². The van der Waals surface area contributed by atoms with E-state index in [0.29, 0.717) is 19.0 Å². The number of nitrogens with one attached hydrogen (secondary N) is 2. The van der Waals surface area contributed by atoms with Crippen molar-refractivity contribution in [1.82, 2.24) is 15.6 Å². The normalized spacial score (nSPS) is 16.6. The summed E-state index contributed by atoms with van der Waals surface area (Å²) in [6, 6.07) is 14.0. The van der Waals surface area contributed by atoms with Crippen molar-refractivity contribution in [2.24, 2.45) is 4.99 Å². The van der Waals surface area contributed by atoms with Crippen LogP contribution < -0.4 is 15.4 Å². The average molecular weight is 399 g/mol. The molecule has 1 atom stereocenters. The minimum atomic E-state index is 0.262. The van der Waals surface area contributed by atoms with E-state index in [9.17, 15) is 0 Å². The Labute approximate surface area is 172 Å². The van der Waals surface area contributed by atoms with Gasteiger partial charge in [-0.05, 0) is 30.0 Å². The molecule has 156 valence electrons. The molecule has 0 bridgehead atoms. The van der Waals surface area contributed by atoms with E-state index in [1.54, 1.807) is 13.2 Å². The molecule has 1 aliphatic heterocycles. The number of hydrogen-bond acceptors (Lipinski definition) is 5. The minimum absolute atomic E-state index is 0.262. The highest BCUT2D eigenvalue weighted by Gasteiger charge is 2.15. The molecule has 7 nitrogen and oxygen atoms in total. The smallest absolute Gasteiger partial charge is 0.213 e. The summed E-state index contributed by atoms with van der Waals surface area (Å²) in [5.41, 5.74) is 2.20. The first-order valence-corrected chi connectivity index (χ1v) is 10.1. The Balaban J connectivity index is 1.35. The maximum Gasteiger partial charge on any atom is 0.213 e. The van der Waals surface area contributed by atoms with Gasteiger partial charge in [-0.1, -0.05) is 30.3 Å². The van der Waals surface area contributed by atoms with Crippen LogP contribution in [0.2, 0.25) is 0 Å². The van der Waals surface area contributed by atoms with E-state index in [1.807, 2.05) is 42.5 Å². The van der Waals surface area contributed by atoms with Gasteiger partial charge in [0.25, 0.3) is 0 Å². The molecule has 29 heavy (non-hydrogen) atoms. The molecule has 1 aromatic carbocycles. The third-order valence-electron chi connectivity index (χ3n) is 4.57. The molecule has 2 N–H and O–H groups in total. The van der Waals surface area contributed by atoms with Crippen molar-refractivity contribution in [3.63, 3.8) is 0 Å². The standard InChI is InChI=1S/C22H30N4O3/c1-23-22(25-10-5-12-28-20-9-13-27-17-20)26-15-19-8-11-24-21(14-19)29-16-18-6-3-2-4-7-18/h2-4,6-8,11,14,20H,5,9-10,12-13,15-17H2,1H3,(H2,23,25,26). The molecule has 7 heteroatoms. The van der Waals surface area contributed by atoms with E-state index in [0.717, 1.165) is 56.3 Å². The lowest BCUT2D eigenvalue weighted by Crippen LogP contribution is -2.37. The molecule has 2 heterocycles. The number of aliphatic imine (C=N–C) groups is 1. The van der Waals surface area contributed by atoms with Gasteiger partial charge in [-0.3, -0.25) is 4.99 Å². The summed E-state index contributed by atoms with van der Waals surface area (Å²) in [6.45, 7) is 4.20. The van der Waals surface area contributed by atoms with E-state index >= 15 is 0 Å². The Hall–Kier alpha value is -2.64. The molecule has 0 saturated carbocycles. The highest BCUT2D eigenvalue weighted by molar-refractivity contribution is 5.79. The predicted molar refractivity (Wildman–Crippen MR) is 113 cm³/mol. The first kappa shape index (κ1) is 21.1. The fraction of sp³-hybridized carbons (Fsp3) is 0.455. The van der Waals surface area contributed by atoms with Gasteiger partial charge in [0.2, 0.25) is 5.88 Å². The summed E-state index contributed by atoms with van der Waals surface area (Å²) in [5.74, 6) is 1.38. The number of guanidine groups is 1. The topological polar surface area (TPSA) is 77.0 Å². The van der Waals surface area contributed by atoms with Crippen LogP contribution in [-0.4, -0.2) is 50.5 Å². The second-order valence-electron chi connectivity index (χ2n) is 6.84. The summed E-state index contributed by atoms with van der Waals surface area (Å²) in [6.07, 6.45) is 3.94. The van der Waals surface area contributed by atoms with Crippen LogP contribution in [0.5, 0.6) is 5.88 Å². The highest BCUT2D eigenvalue weighted by atomic mass is 16.5. The molecule has 2 aromatic rings. The highest BCUT2D eigenvalue weighted by Crippen LogP contribution is 2.12.